The number of aryl methyl sites for hydroxylation is 1. The first-order valence-electron chi connectivity index (χ1n) is 15.2. The summed E-state index contributed by atoms with van der Waals surface area (Å²) in [4.78, 5) is 0.116. The van der Waals surface area contributed by atoms with Gasteiger partial charge in [-0.1, -0.05) is 90.5 Å². The summed E-state index contributed by atoms with van der Waals surface area (Å²) in [6, 6.07) is 29.7. The monoisotopic (exact) mass is 739 g/mol. The number of hydrogen-bond acceptors (Lipinski definition) is 6. The van der Waals surface area contributed by atoms with Crippen LogP contribution in [0, 0.1) is 6.92 Å². The van der Waals surface area contributed by atoms with Crippen LogP contribution in [0.3, 0.4) is 0 Å². The first-order valence-corrected chi connectivity index (χ1v) is 18.6. The van der Waals surface area contributed by atoms with Crippen LogP contribution in [-0.2, 0) is 44.9 Å². The van der Waals surface area contributed by atoms with Gasteiger partial charge in [0.1, 0.15) is 11.5 Å². The molecule has 0 spiro atoms. The van der Waals surface area contributed by atoms with Crippen molar-refractivity contribution >= 4 is 42.2 Å². The normalized spacial score (nSPS) is 12.5. The molecule has 258 valence electrons. The predicted molar refractivity (Wildman–Crippen MR) is 185 cm³/mol. The molecule has 0 bridgehead atoms. The molecule has 0 fully saturated rings. The van der Waals surface area contributed by atoms with Gasteiger partial charge in [-0.2, -0.15) is 17.5 Å². The van der Waals surface area contributed by atoms with Crippen molar-refractivity contribution in [2.45, 2.75) is 41.7 Å². The van der Waals surface area contributed by atoms with Gasteiger partial charge in [0.15, 0.2) is 9.84 Å². The molecule has 0 aliphatic carbocycles. The molecule has 1 aromatic heterocycles. The minimum Gasteiger partial charge on any atom is -0.506 e. The minimum atomic E-state index is -4.74. The van der Waals surface area contributed by atoms with E-state index in [-0.39, 0.29) is 38.6 Å². The standard InChI is InChI=1S/C37H29ClF3NO6S2/c1-24-9-13-28-5-2-3-8-32(28)36(24)50(46,47)42(22-30-16-18-35(48-30)37(39,40)41)21-25-10-14-27(15-11-25)29-6-4-7-31(20-29)49(44,45)23-26-12-17-34(43)33(38)19-26/h2-20,43H,21-23H2,1H3. The van der Waals surface area contributed by atoms with E-state index < -0.39 is 38.3 Å². The molecule has 1 heterocycles. The Kier molecular flexibility index (Phi) is 9.57. The van der Waals surface area contributed by atoms with Crippen LogP contribution in [-0.4, -0.2) is 26.2 Å². The van der Waals surface area contributed by atoms with E-state index in [1.54, 1.807) is 79.7 Å². The molecule has 0 amide bonds. The van der Waals surface area contributed by atoms with Crippen LogP contribution in [0.4, 0.5) is 13.2 Å². The summed E-state index contributed by atoms with van der Waals surface area (Å²) in [5.41, 5.74) is 2.66. The summed E-state index contributed by atoms with van der Waals surface area (Å²) < 4.78 is 101. The van der Waals surface area contributed by atoms with Crippen LogP contribution >= 0.6 is 11.6 Å². The molecule has 0 aliphatic rings. The van der Waals surface area contributed by atoms with Crippen molar-refractivity contribution in [3.63, 3.8) is 0 Å². The highest BCUT2D eigenvalue weighted by Gasteiger charge is 2.36. The Balaban J connectivity index is 1.31. The minimum absolute atomic E-state index is 0.0420. The van der Waals surface area contributed by atoms with E-state index in [4.69, 9.17) is 16.0 Å². The molecule has 0 radical (unpaired) electrons. The molecule has 7 nitrogen and oxygen atoms in total. The van der Waals surface area contributed by atoms with Crippen LogP contribution in [0.5, 0.6) is 5.75 Å². The maximum atomic E-state index is 14.4. The van der Waals surface area contributed by atoms with E-state index in [2.05, 4.69) is 0 Å². The number of furan rings is 1. The molecule has 6 rings (SSSR count). The van der Waals surface area contributed by atoms with Crippen LogP contribution in [0.25, 0.3) is 21.9 Å². The highest BCUT2D eigenvalue weighted by atomic mass is 35.5. The SMILES string of the molecule is Cc1ccc2ccccc2c1S(=O)(=O)N(Cc1ccc(-c2cccc(S(=O)(=O)Cc3ccc(O)c(Cl)c3)c2)cc1)Cc1ccc(C(F)(F)F)o1. The second-order valence-corrected chi connectivity index (χ2v) is 16.0. The number of halogens is 4. The Morgan fingerprint density at radius 2 is 1.48 bits per heavy atom. The quantitative estimate of drug-likeness (QED) is 0.150. The molecular weight excluding hydrogens is 711 g/mol. The number of alkyl halides is 3. The topological polar surface area (TPSA) is 105 Å². The first-order chi connectivity index (χ1) is 23.6. The van der Waals surface area contributed by atoms with Crippen molar-refractivity contribution in [1.29, 1.82) is 0 Å². The van der Waals surface area contributed by atoms with Gasteiger partial charge in [0, 0.05) is 11.9 Å². The van der Waals surface area contributed by atoms with E-state index in [1.165, 1.54) is 30.3 Å². The van der Waals surface area contributed by atoms with Gasteiger partial charge >= 0.3 is 6.18 Å². The molecule has 5 aromatic carbocycles. The first kappa shape index (κ1) is 35.2. The zero-order valence-electron chi connectivity index (χ0n) is 26.4. The largest absolute Gasteiger partial charge is 0.506 e. The fourth-order valence-corrected chi connectivity index (χ4v) is 9.05. The van der Waals surface area contributed by atoms with Crippen molar-refractivity contribution < 1.29 is 39.5 Å². The Hall–Kier alpha value is -4.62. The van der Waals surface area contributed by atoms with Gasteiger partial charge in [0.25, 0.3) is 0 Å². The lowest BCUT2D eigenvalue weighted by molar-refractivity contribution is -0.153. The number of sulfonamides is 1. The van der Waals surface area contributed by atoms with Gasteiger partial charge in [0.05, 0.1) is 27.1 Å². The Bertz CT molecular complexity index is 2430. The van der Waals surface area contributed by atoms with E-state index in [1.807, 2.05) is 0 Å². The highest BCUT2D eigenvalue weighted by molar-refractivity contribution is 7.90. The van der Waals surface area contributed by atoms with Gasteiger partial charge in [0.2, 0.25) is 15.8 Å². The average molecular weight is 740 g/mol. The number of aromatic hydroxyl groups is 1. The molecule has 0 atom stereocenters. The molecule has 0 saturated heterocycles. The van der Waals surface area contributed by atoms with Crippen LogP contribution < -0.4 is 0 Å². The van der Waals surface area contributed by atoms with Crippen LogP contribution in [0.15, 0.2) is 129 Å². The molecule has 6 aromatic rings. The molecule has 50 heavy (non-hydrogen) atoms. The van der Waals surface area contributed by atoms with Crippen LogP contribution in [0.2, 0.25) is 5.02 Å². The highest BCUT2D eigenvalue weighted by Crippen LogP contribution is 2.34. The van der Waals surface area contributed by atoms with E-state index in [0.29, 0.717) is 38.6 Å². The zero-order valence-corrected chi connectivity index (χ0v) is 28.7. The van der Waals surface area contributed by atoms with E-state index in [0.717, 1.165) is 16.4 Å². The third kappa shape index (κ3) is 7.43. The molecule has 0 aliphatic heterocycles. The van der Waals surface area contributed by atoms with Crippen LogP contribution in [0.1, 0.15) is 28.2 Å². The third-order valence-corrected chi connectivity index (χ3v) is 12.1. The third-order valence-electron chi connectivity index (χ3n) is 8.16. The van der Waals surface area contributed by atoms with Gasteiger partial charge in [-0.3, -0.25) is 0 Å². The van der Waals surface area contributed by atoms with Crippen molar-refractivity contribution in [2.24, 2.45) is 0 Å². The van der Waals surface area contributed by atoms with Crippen molar-refractivity contribution in [3.05, 3.63) is 148 Å². The number of benzene rings is 5. The predicted octanol–water partition coefficient (Wildman–Crippen LogP) is 9.15. The van der Waals surface area contributed by atoms with Crippen molar-refractivity contribution in [3.8, 4) is 16.9 Å². The lowest BCUT2D eigenvalue weighted by Gasteiger charge is -2.24. The number of hydrogen-bond donors (Lipinski definition) is 1. The van der Waals surface area contributed by atoms with Gasteiger partial charge in [-0.25, -0.2) is 16.8 Å². The number of rotatable bonds is 10. The van der Waals surface area contributed by atoms with Gasteiger partial charge in [-0.05, 0) is 76.5 Å². The Morgan fingerprint density at radius 3 is 2.18 bits per heavy atom. The van der Waals surface area contributed by atoms with Crippen molar-refractivity contribution in [1.82, 2.24) is 4.31 Å². The molecule has 0 saturated carbocycles. The maximum absolute atomic E-state index is 14.4. The van der Waals surface area contributed by atoms with Gasteiger partial charge < -0.3 is 9.52 Å². The lowest BCUT2D eigenvalue weighted by Crippen LogP contribution is -2.31. The fraction of sp³-hybridized carbons (Fsp3) is 0.135. The number of phenols is 1. The molecule has 13 heteroatoms. The summed E-state index contributed by atoms with van der Waals surface area (Å²) in [6.07, 6.45) is -4.74. The van der Waals surface area contributed by atoms with E-state index in [9.17, 15) is 35.1 Å². The second-order valence-electron chi connectivity index (χ2n) is 11.7. The Labute approximate surface area is 292 Å². The summed E-state index contributed by atoms with van der Waals surface area (Å²) in [5.74, 6) is -1.90. The average Bonchev–Trinajstić information content (AvgIpc) is 3.56. The summed E-state index contributed by atoms with van der Waals surface area (Å²) in [6.45, 7) is 1.00. The second kappa shape index (κ2) is 13.6. The zero-order chi connectivity index (χ0) is 35.8. The summed E-state index contributed by atoms with van der Waals surface area (Å²) in [7, 11) is -8.08. The van der Waals surface area contributed by atoms with Gasteiger partial charge in [-0.15, -0.1) is 0 Å². The number of phenolic OH excluding ortho intramolecular Hbond substituents is 1. The number of sulfone groups is 1. The van der Waals surface area contributed by atoms with E-state index >= 15 is 0 Å². The maximum Gasteiger partial charge on any atom is 0.449 e. The molecule has 1 N–H and O–H groups in total. The fourth-order valence-electron chi connectivity index (χ4n) is 5.66. The Morgan fingerprint density at radius 1 is 0.760 bits per heavy atom. The molecular formula is C37H29ClF3NO6S2. The lowest BCUT2D eigenvalue weighted by atomic mass is 10.0. The number of fused-ring (bicyclic) bond motifs is 1. The molecule has 0 unspecified atom stereocenters. The van der Waals surface area contributed by atoms with Crippen molar-refractivity contribution in [2.75, 3.05) is 0 Å². The summed E-state index contributed by atoms with van der Waals surface area (Å²) in [5, 5.41) is 10.9. The smallest absolute Gasteiger partial charge is 0.449 e. The summed E-state index contributed by atoms with van der Waals surface area (Å²) >= 11 is 5.96. The number of nitrogens with zero attached hydrogens (tertiary/aromatic N) is 1.